The van der Waals surface area contributed by atoms with E-state index in [4.69, 9.17) is 16.3 Å². The van der Waals surface area contributed by atoms with Crippen molar-refractivity contribution in [3.05, 3.63) is 82.9 Å². The van der Waals surface area contributed by atoms with E-state index in [1.54, 1.807) is 48.5 Å². The summed E-state index contributed by atoms with van der Waals surface area (Å²) in [4.78, 5) is 12.7. The Hall–Kier alpha value is -3.99. The van der Waals surface area contributed by atoms with E-state index in [0.717, 1.165) is 0 Å². The van der Waals surface area contributed by atoms with Gasteiger partial charge in [-0.15, -0.1) is 5.11 Å². The Morgan fingerprint density at radius 2 is 1.76 bits per heavy atom. The number of nitrogens with one attached hydrogen (secondary N) is 1. The summed E-state index contributed by atoms with van der Waals surface area (Å²) >= 11 is 5.95. The third-order valence-electron chi connectivity index (χ3n) is 5.52. The number of halogens is 1. The maximum atomic E-state index is 13.2. The molecule has 0 aliphatic rings. The first-order valence-electron chi connectivity index (χ1n) is 11.1. The third kappa shape index (κ3) is 5.41. The Morgan fingerprint density at radius 3 is 2.49 bits per heavy atom. The monoisotopic (exact) mass is 539 g/mol. The van der Waals surface area contributed by atoms with Crippen molar-refractivity contribution in [1.82, 2.24) is 0 Å². The van der Waals surface area contributed by atoms with Crippen LogP contribution in [-0.2, 0) is 10.1 Å². The lowest BCUT2D eigenvalue weighted by atomic mass is 10.0. The molecule has 0 atom stereocenters. The average molecular weight is 540 g/mol. The Morgan fingerprint density at radius 1 is 1.05 bits per heavy atom. The number of rotatable bonds is 7. The standard InChI is InChI=1S/C26H22ClN3O6S/c1-3-36-22-11-7-6-10-21(22)28-26(32)18-14-16-8-4-5-9-17(16)23(24(18)31)30-29-20-13-12-19(27)25(15(20)2)37(33,34)35/h4-14,31H,3H2,1-2H3,(H,28,32)(H,33,34,35). The van der Waals surface area contributed by atoms with Crippen LogP contribution in [0.5, 0.6) is 11.5 Å². The third-order valence-corrected chi connectivity index (χ3v) is 6.99. The first-order chi connectivity index (χ1) is 17.6. The minimum Gasteiger partial charge on any atom is -0.505 e. The summed E-state index contributed by atoms with van der Waals surface area (Å²) in [5.41, 5.74) is 0.555. The highest BCUT2D eigenvalue weighted by atomic mass is 35.5. The quantitative estimate of drug-likeness (QED) is 0.174. The van der Waals surface area contributed by atoms with Crippen LogP contribution in [0.2, 0.25) is 5.02 Å². The normalized spacial score (nSPS) is 11.7. The molecule has 0 unspecified atom stereocenters. The molecular weight excluding hydrogens is 518 g/mol. The number of fused-ring (bicyclic) bond motifs is 1. The molecule has 0 bridgehead atoms. The molecule has 4 aromatic carbocycles. The van der Waals surface area contributed by atoms with Gasteiger partial charge >= 0.3 is 0 Å². The Labute approximate surface area is 218 Å². The maximum absolute atomic E-state index is 13.2. The van der Waals surface area contributed by atoms with Crippen LogP contribution in [0, 0.1) is 6.92 Å². The minimum atomic E-state index is -4.61. The number of hydrogen-bond donors (Lipinski definition) is 3. The van der Waals surface area contributed by atoms with Crippen molar-refractivity contribution in [2.24, 2.45) is 10.2 Å². The fourth-order valence-electron chi connectivity index (χ4n) is 3.81. The summed E-state index contributed by atoms with van der Waals surface area (Å²) in [7, 11) is -4.61. The fraction of sp³-hybridized carbons (Fsp3) is 0.115. The largest absolute Gasteiger partial charge is 0.505 e. The van der Waals surface area contributed by atoms with Gasteiger partial charge in [-0.3, -0.25) is 9.35 Å². The predicted octanol–water partition coefficient (Wildman–Crippen LogP) is 6.82. The molecule has 9 nitrogen and oxygen atoms in total. The molecule has 37 heavy (non-hydrogen) atoms. The summed E-state index contributed by atoms with van der Waals surface area (Å²) in [6, 6.07) is 18.1. The molecule has 0 heterocycles. The Kier molecular flexibility index (Phi) is 7.44. The number of azo groups is 1. The van der Waals surface area contributed by atoms with Crippen LogP contribution in [-0.4, -0.2) is 30.6 Å². The van der Waals surface area contributed by atoms with Crippen LogP contribution in [0.25, 0.3) is 10.8 Å². The number of anilines is 1. The highest BCUT2D eigenvalue weighted by Crippen LogP contribution is 2.41. The first-order valence-corrected chi connectivity index (χ1v) is 12.9. The lowest BCUT2D eigenvalue weighted by Gasteiger charge is -2.13. The zero-order valence-corrected chi connectivity index (χ0v) is 21.3. The van der Waals surface area contributed by atoms with Crippen LogP contribution < -0.4 is 10.1 Å². The van der Waals surface area contributed by atoms with Crippen molar-refractivity contribution in [2.75, 3.05) is 11.9 Å². The number of nitrogens with zero attached hydrogens (tertiary/aromatic N) is 2. The van der Waals surface area contributed by atoms with Crippen LogP contribution in [0.15, 0.2) is 81.9 Å². The SMILES string of the molecule is CCOc1ccccc1NC(=O)c1cc2ccccc2c(N=Nc2ccc(Cl)c(S(=O)(=O)O)c2C)c1O. The fourth-order valence-corrected chi connectivity index (χ4v) is 5.11. The number of para-hydroxylation sites is 2. The summed E-state index contributed by atoms with van der Waals surface area (Å²) in [5, 5.41) is 23.1. The highest BCUT2D eigenvalue weighted by molar-refractivity contribution is 7.86. The average Bonchev–Trinajstić information content (AvgIpc) is 2.84. The van der Waals surface area contributed by atoms with Gasteiger partial charge in [0.1, 0.15) is 16.3 Å². The molecule has 0 fully saturated rings. The molecule has 4 rings (SSSR count). The first kappa shape index (κ1) is 26.1. The lowest BCUT2D eigenvalue weighted by molar-refractivity contribution is 0.102. The number of phenolic OH excluding ortho intramolecular Hbond substituents is 1. The van der Waals surface area contributed by atoms with Crippen LogP contribution in [0.1, 0.15) is 22.8 Å². The molecule has 11 heteroatoms. The van der Waals surface area contributed by atoms with E-state index in [9.17, 15) is 22.9 Å². The summed E-state index contributed by atoms with van der Waals surface area (Å²) in [6.45, 7) is 3.65. The van der Waals surface area contributed by atoms with Crippen molar-refractivity contribution in [3.63, 3.8) is 0 Å². The van der Waals surface area contributed by atoms with Gasteiger partial charge in [-0.2, -0.15) is 13.5 Å². The second-order valence-corrected chi connectivity index (χ2v) is 9.69. The van der Waals surface area contributed by atoms with Crippen molar-refractivity contribution >= 4 is 55.5 Å². The zero-order valence-electron chi connectivity index (χ0n) is 19.8. The molecule has 4 aromatic rings. The summed E-state index contributed by atoms with van der Waals surface area (Å²) in [6.07, 6.45) is 0. The van der Waals surface area contributed by atoms with Crippen molar-refractivity contribution in [1.29, 1.82) is 0 Å². The molecule has 0 radical (unpaired) electrons. The smallest absolute Gasteiger partial charge is 0.296 e. The van der Waals surface area contributed by atoms with Crippen LogP contribution >= 0.6 is 11.6 Å². The molecule has 190 valence electrons. The topological polar surface area (TPSA) is 138 Å². The van der Waals surface area contributed by atoms with Crippen molar-refractivity contribution in [3.8, 4) is 11.5 Å². The maximum Gasteiger partial charge on any atom is 0.296 e. The predicted molar refractivity (Wildman–Crippen MR) is 141 cm³/mol. The van der Waals surface area contributed by atoms with E-state index in [2.05, 4.69) is 15.5 Å². The van der Waals surface area contributed by atoms with Gasteiger partial charge in [0.25, 0.3) is 16.0 Å². The van der Waals surface area contributed by atoms with E-state index in [0.29, 0.717) is 28.8 Å². The van der Waals surface area contributed by atoms with Gasteiger partial charge in [-0.1, -0.05) is 48.0 Å². The number of amides is 1. The van der Waals surface area contributed by atoms with Gasteiger partial charge in [0.05, 0.1) is 28.6 Å². The molecule has 0 aliphatic heterocycles. The molecule has 0 spiro atoms. The van der Waals surface area contributed by atoms with E-state index in [1.165, 1.54) is 25.1 Å². The second-order valence-electron chi connectivity index (χ2n) is 7.92. The molecular formula is C26H22ClN3O6S. The van der Waals surface area contributed by atoms with Gasteiger partial charge in [0.15, 0.2) is 5.75 Å². The molecule has 0 saturated carbocycles. The Balaban J connectivity index is 1.81. The Bertz CT molecular complexity index is 1650. The van der Waals surface area contributed by atoms with Crippen molar-refractivity contribution < 1.29 is 27.6 Å². The molecule has 1 amide bonds. The van der Waals surface area contributed by atoms with Gasteiger partial charge < -0.3 is 15.2 Å². The van der Waals surface area contributed by atoms with Gasteiger partial charge in [0, 0.05) is 5.39 Å². The van der Waals surface area contributed by atoms with Gasteiger partial charge in [0.2, 0.25) is 0 Å². The highest BCUT2D eigenvalue weighted by Gasteiger charge is 2.22. The van der Waals surface area contributed by atoms with Crippen LogP contribution in [0.4, 0.5) is 17.1 Å². The number of carbonyl (C=O) groups excluding carboxylic acids is 1. The molecule has 0 aromatic heterocycles. The minimum absolute atomic E-state index is 0.00380. The summed E-state index contributed by atoms with van der Waals surface area (Å²) < 4.78 is 38.6. The summed E-state index contributed by atoms with van der Waals surface area (Å²) in [5.74, 6) is -0.537. The van der Waals surface area contributed by atoms with Crippen molar-refractivity contribution in [2.45, 2.75) is 18.7 Å². The number of carbonyl (C=O) groups is 1. The number of aromatic hydroxyl groups is 1. The number of phenols is 1. The van der Waals surface area contributed by atoms with Gasteiger partial charge in [-0.25, -0.2) is 0 Å². The molecule has 0 saturated heterocycles. The number of benzene rings is 4. The van der Waals surface area contributed by atoms with Crippen LogP contribution in [0.3, 0.4) is 0 Å². The van der Waals surface area contributed by atoms with E-state index >= 15 is 0 Å². The molecule has 0 aliphatic carbocycles. The van der Waals surface area contributed by atoms with E-state index in [-0.39, 0.29) is 27.5 Å². The lowest BCUT2D eigenvalue weighted by Crippen LogP contribution is -2.13. The van der Waals surface area contributed by atoms with Gasteiger partial charge in [-0.05, 0) is 55.1 Å². The zero-order chi connectivity index (χ0) is 26.7. The van der Waals surface area contributed by atoms with E-state index < -0.39 is 26.7 Å². The number of ether oxygens (including phenoxy) is 1. The van der Waals surface area contributed by atoms with E-state index in [1.807, 2.05) is 6.92 Å². The number of hydrogen-bond acceptors (Lipinski definition) is 7. The second kappa shape index (κ2) is 10.6. The molecule has 3 N–H and O–H groups in total.